The topological polar surface area (TPSA) is 12.5 Å². The van der Waals surface area contributed by atoms with Crippen LogP contribution in [0.4, 0.5) is 0 Å². The second kappa shape index (κ2) is 3.88. The average molecular weight is 165 g/mol. The number of hydrogen-bond acceptors (Lipinski definition) is 2. The minimum atomic E-state index is 0.303. The van der Waals surface area contributed by atoms with Gasteiger partial charge in [-0.25, -0.2) is 0 Å². The summed E-state index contributed by atoms with van der Waals surface area (Å²) in [6, 6.07) is 0. The van der Waals surface area contributed by atoms with E-state index in [1.54, 1.807) is 0 Å². The van der Waals surface area contributed by atoms with Crippen molar-refractivity contribution in [3.63, 3.8) is 0 Å². The zero-order valence-electron chi connectivity index (χ0n) is 8.76. The highest BCUT2D eigenvalue weighted by molar-refractivity contribution is 6.59. The lowest BCUT2D eigenvalue weighted by atomic mass is 9.48. The molecule has 1 aliphatic heterocycles. The van der Waals surface area contributed by atoms with E-state index in [4.69, 9.17) is 4.74 Å². The van der Waals surface area contributed by atoms with Crippen LogP contribution < -0.4 is 0 Å². The van der Waals surface area contributed by atoms with Crippen LogP contribution in [0.2, 0.25) is 0 Å². The third-order valence-corrected chi connectivity index (χ3v) is 2.54. The maximum absolute atomic E-state index is 5.61. The van der Waals surface area contributed by atoms with Crippen molar-refractivity contribution in [1.82, 2.24) is 4.90 Å². The van der Waals surface area contributed by atoms with E-state index < -0.39 is 0 Å². The van der Waals surface area contributed by atoms with Crippen molar-refractivity contribution in [2.45, 2.75) is 24.7 Å². The van der Waals surface area contributed by atoms with Gasteiger partial charge in [-0.15, -0.1) is 0 Å². The Bertz CT molecular complexity index is 148. The number of nitrogens with zero attached hydrogens (tertiary/aromatic N) is 1. The quantitative estimate of drug-likeness (QED) is 0.423. The minimum Gasteiger partial charge on any atom is -0.376 e. The van der Waals surface area contributed by atoms with Gasteiger partial charge in [-0.1, -0.05) is 12.2 Å². The first kappa shape index (κ1) is 10.2. The van der Waals surface area contributed by atoms with Crippen molar-refractivity contribution in [3.8, 4) is 0 Å². The summed E-state index contributed by atoms with van der Waals surface area (Å²) in [6.07, 6.45) is 1.59. The number of rotatable bonds is 2. The summed E-state index contributed by atoms with van der Waals surface area (Å²) in [5.74, 6) is 0. The summed E-state index contributed by atoms with van der Waals surface area (Å²) in [5, 5.41) is 0.303. The van der Waals surface area contributed by atoms with Crippen LogP contribution in [-0.2, 0) is 4.74 Å². The van der Waals surface area contributed by atoms with Crippen LogP contribution in [0.15, 0.2) is 0 Å². The van der Waals surface area contributed by atoms with Gasteiger partial charge in [-0.2, -0.15) is 0 Å². The standard InChI is InChI=1S/C7H18B3NO/c1-2-6-5-11(3-4-12-6)7(8,9)10/h6H,2-5,8-10H2,1H3. The molecule has 1 fully saturated rings. The summed E-state index contributed by atoms with van der Waals surface area (Å²) < 4.78 is 5.61. The Labute approximate surface area is 78.3 Å². The Morgan fingerprint density at radius 2 is 2.17 bits per heavy atom. The SMILES string of the molecule is BC(B)(B)N1CCOC(CC)C1. The molecular formula is C7H18B3NO. The maximum Gasteiger partial charge on any atom is 0.107 e. The summed E-state index contributed by atoms with van der Waals surface area (Å²) in [5.41, 5.74) is 0. The Balaban J connectivity index is 2.46. The molecule has 1 unspecified atom stereocenters. The molecular weight excluding hydrogens is 147 g/mol. The number of hydrogen-bond donors (Lipinski definition) is 0. The lowest BCUT2D eigenvalue weighted by molar-refractivity contribution is -0.0312. The van der Waals surface area contributed by atoms with E-state index in [2.05, 4.69) is 35.4 Å². The molecule has 1 atom stereocenters. The number of morpholine rings is 1. The van der Waals surface area contributed by atoms with E-state index >= 15 is 0 Å². The molecule has 66 valence electrons. The zero-order valence-corrected chi connectivity index (χ0v) is 8.76. The van der Waals surface area contributed by atoms with Crippen molar-refractivity contribution < 1.29 is 4.74 Å². The Morgan fingerprint density at radius 1 is 1.50 bits per heavy atom. The van der Waals surface area contributed by atoms with Gasteiger partial charge in [-0.05, 0) is 6.42 Å². The fourth-order valence-electron chi connectivity index (χ4n) is 1.58. The second-order valence-electron chi connectivity index (χ2n) is 4.52. The fraction of sp³-hybridized carbons (Fsp3) is 1.00. The Morgan fingerprint density at radius 3 is 2.67 bits per heavy atom. The van der Waals surface area contributed by atoms with Gasteiger partial charge < -0.3 is 9.64 Å². The molecule has 0 bridgehead atoms. The van der Waals surface area contributed by atoms with E-state index in [1.807, 2.05) is 0 Å². The van der Waals surface area contributed by atoms with Gasteiger partial charge in [0.2, 0.25) is 0 Å². The van der Waals surface area contributed by atoms with Crippen LogP contribution in [0.3, 0.4) is 0 Å². The lowest BCUT2D eigenvalue weighted by Crippen LogP contribution is -2.57. The monoisotopic (exact) mass is 165 g/mol. The van der Waals surface area contributed by atoms with Crippen molar-refractivity contribution >= 4 is 23.5 Å². The second-order valence-corrected chi connectivity index (χ2v) is 4.52. The van der Waals surface area contributed by atoms with E-state index in [9.17, 15) is 0 Å². The lowest BCUT2D eigenvalue weighted by Gasteiger charge is -2.41. The van der Waals surface area contributed by atoms with Gasteiger partial charge >= 0.3 is 0 Å². The van der Waals surface area contributed by atoms with Crippen LogP contribution in [0.5, 0.6) is 0 Å². The van der Waals surface area contributed by atoms with Gasteiger partial charge in [0.15, 0.2) is 0 Å². The first-order valence-corrected chi connectivity index (χ1v) is 4.90. The van der Waals surface area contributed by atoms with Crippen molar-refractivity contribution in [2.24, 2.45) is 0 Å². The van der Waals surface area contributed by atoms with Gasteiger partial charge in [0.05, 0.1) is 12.7 Å². The summed E-state index contributed by atoms with van der Waals surface area (Å²) in [7, 11) is 6.81. The van der Waals surface area contributed by atoms with Crippen LogP contribution in [0.1, 0.15) is 13.3 Å². The Kier molecular flexibility index (Phi) is 3.30. The third-order valence-electron chi connectivity index (χ3n) is 2.54. The van der Waals surface area contributed by atoms with Crippen LogP contribution in [0, 0.1) is 0 Å². The molecule has 1 heterocycles. The van der Waals surface area contributed by atoms with E-state index in [-0.39, 0.29) is 0 Å². The largest absolute Gasteiger partial charge is 0.376 e. The zero-order chi connectivity index (χ0) is 9.19. The average Bonchev–Trinajstić information content (AvgIpc) is 2.03. The predicted molar refractivity (Wildman–Crippen MR) is 60.0 cm³/mol. The molecule has 1 rings (SSSR count). The molecule has 0 amide bonds. The Hall–Kier alpha value is 0.115. The van der Waals surface area contributed by atoms with E-state index in [0.717, 1.165) is 26.1 Å². The molecule has 2 nitrogen and oxygen atoms in total. The van der Waals surface area contributed by atoms with Gasteiger partial charge in [0.25, 0.3) is 0 Å². The molecule has 1 saturated heterocycles. The molecule has 0 radical (unpaired) electrons. The molecule has 0 aromatic rings. The molecule has 1 aliphatic rings. The first-order chi connectivity index (χ1) is 5.54. The highest BCUT2D eigenvalue weighted by Crippen LogP contribution is 2.12. The third kappa shape index (κ3) is 2.56. The smallest absolute Gasteiger partial charge is 0.107 e. The molecule has 0 spiro atoms. The molecule has 12 heavy (non-hydrogen) atoms. The summed E-state index contributed by atoms with van der Waals surface area (Å²) in [6.45, 7) is 5.27. The summed E-state index contributed by atoms with van der Waals surface area (Å²) in [4.78, 5) is 2.50. The van der Waals surface area contributed by atoms with Gasteiger partial charge in [-0.3, -0.25) is 0 Å². The van der Waals surface area contributed by atoms with E-state index in [0.29, 0.717) is 11.3 Å². The van der Waals surface area contributed by atoms with Crippen LogP contribution in [0.25, 0.3) is 0 Å². The fourth-order valence-corrected chi connectivity index (χ4v) is 1.58. The summed E-state index contributed by atoms with van der Waals surface area (Å²) >= 11 is 0. The highest BCUT2D eigenvalue weighted by atomic mass is 16.5. The van der Waals surface area contributed by atoms with Crippen molar-refractivity contribution in [3.05, 3.63) is 0 Å². The molecule has 0 N–H and O–H groups in total. The van der Waals surface area contributed by atoms with E-state index in [1.165, 1.54) is 0 Å². The van der Waals surface area contributed by atoms with Crippen LogP contribution >= 0.6 is 0 Å². The van der Waals surface area contributed by atoms with Crippen molar-refractivity contribution in [1.29, 1.82) is 0 Å². The minimum absolute atomic E-state index is 0.303. The van der Waals surface area contributed by atoms with Crippen LogP contribution in [-0.4, -0.2) is 59.5 Å². The van der Waals surface area contributed by atoms with Gasteiger partial charge in [0.1, 0.15) is 23.5 Å². The molecule has 0 aliphatic carbocycles. The first-order valence-electron chi connectivity index (χ1n) is 4.90. The molecule has 0 aromatic carbocycles. The maximum atomic E-state index is 5.61. The molecule has 5 heteroatoms. The van der Waals surface area contributed by atoms with Gasteiger partial charge in [0, 0.05) is 13.1 Å². The molecule has 0 saturated carbocycles. The number of ether oxygens (including phenoxy) is 1. The normalized spacial score (nSPS) is 27.2. The van der Waals surface area contributed by atoms with Crippen molar-refractivity contribution in [2.75, 3.05) is 19.7 Å². The molecule has 0 aromatic heterocycles. The predicted octanol–water partition coefficient (Wildman–Crippen LogP) is -2.39. The highest BCUT2D eigenvalue weighted by Gasteiger charge is 2.27.